The highest BCUT2D eigenvalue weighted by Gasteiger charge is 2.49. The van der Waals surface area contributed by atoms with Gasteiger partial charge in [-0.05, 0) is 42.5 Å². The van der Waals surface area contributed by atoms with E-state index in [1.165, 1.54) is 0 Å². The molecule has 0 radical (unpaired) electrons. The molecule has 2 aliphatic rings. The number of amides is 1. The molecule has 23 heavy (non-hydrogen) atoms. The first-order valence-corrected chi connectivity index (χ1v) is 7.92. The van der Waals surface area contributed by atoms with Crippen molar-refractivity contribution >= 4 is 34.0 Å². The molecule has 0 saturated carbocycles. The maximum Gasteiger partial charge on any atom is 0.399 e. The van der Waals surface area contributed by atoms with Gasteiger partial charge >= 0.3 is 18.0 Å². The Hall–Kier alpha value is -1.98. The quantitative estimate of drug-likeness (QED) is 0.549. The maximum atomic E-state index is 12.1. The highest BCUT2D eigenvalue weighted by molar-refractivity contribution is 9.10. The van der Waals surface area contributed by atoms with E-state index in [0.29, 0.717) is 0 Å². The Labute approximate surface area is 141 Å². The van der Waals surface area contributed by atoms with Gasteiger partial charge in [0.05, 0.1) is 0 Å². The van der Waals surface area contributed by atoms with E-state index in [1.807, 2.05) is 13.0 Å². The zero-order valence-corrected chi connectivity index (χ0v) is 14.5. The van der Waals surface area contributed by atoms with E-state index >= 15 is 0 Å². The summed E-state index contributed by atoms with van der Waals surface area (Å²) >= 11 is 3.54. The highest BCUT2D eigenvalue weighted by atomic mass is 79.9. The molecule has 1 amide bonds. The number of rotatable bonds is 1. The molecule has 1 aromatic rings. The van der Waals surface area contributed by atoms with Crippen LogP contribution in [0.15, 0.2) is 16.6 Å². The van der Waals surface area contributed by atoms with Gasteiger partial charge in [0.1, 0.15) is 0 Å². The monoisotopic (exact) mass is 381 g/mol. The van der Waals surface area contributed by atoms with Gasteiger partial charge in [-0.3, -0.25) is 9.69 Å². The van der Waals surface area contributed by atoms with Gasteiger partial charge in [-0.2, -0.15) is 9.59 Å². The van der Waals surface area contributed by atoms with E-state index in [2.05, 4.69) is 35.8 Å². The van der Waals surface area contributed by atoms with Crippen molar-refractivity contribution in [3.05, 3.63) is 33.3 Å². The third kappa shape index (κ3) is 3.07. The summed E-state index contributed by atoms with van der Waals surface area (Å²) in [5.41, 5.74) is 3.15. The Morgan fingerprint density at radius 2 is 1.91 bits per heavy atom. The van der Waals surface area contributed by atoms with Gasteiger partial charge in [-0.1, -0.05) is 29.8 Å². The number of benzene rings is 1. The number of halogens is 1. The second-order valence-electron chi connectivity index (χ2n) is 5.87. The fourth-order valence-electron chi connectivity index (χ4n) is 2.99. The molecule has 1 saturated heterocycles. The predicted octanol–water partition coefficient (Wildman–Crippen LogP) is 2.14. The maximum absolute atomic E-state index is 12.1. The van der Waals surface area contributed by atoms with Gasteiger partial charge in [-0.15, -0.1) is 0 Å². The molecule has 0 aliphatic carbocycles. The first-order chi connectivity index (χ1) is 10.8. The molecule has 2 atom stereocenters. The van der Waals surface area contributed by atoms with Crippen LogP contribution in [0.4, 0.5) is 0 Å². The number of ether oxygens (including phenoxy) is 1. The molecule has 3 rings (SSSR count). The number of aryl methyl sites for hydroxylation is 1. The van der Waals surface area contributed by atoms with Crippen LogP contribution < -0.4 is 0 Å². The van der Waals surface area contributed by atoms with Crippen LogP contribution >= 0.6 is 15.9 Å². The summed E-state index contributed by atoms with van der Waals surface area (Å²) in [5, 5.41) is 0. The fraction of sp³-hybridized carbons (Fsp3) is 0.438. The normalized spacial score (nSPS) is 21.9. The third-order valence-electron chi connectivity index (χ3n) is 4.12. The predicted molar refractivity (Wildman–Crippen MR) is 81.9 cm³/mol. The van der Waals surface area contributed by atoms with Crippen LogP contribution in [0.3, 0.4) is 0 Å². The molecule has 0 spiro atoms. The molecule has 2 unspecified atom stereocenters. The molecular formula is C16H16BrNO5. The number of hydrogen-bond acceptors (Lipinski definition) is 5. The van der Waals surface area contributed by atoms with E-state index in [-0.39, 0.29) is 18.1 Å². The number of nitrogens with zero attached hydrogens (tertiary/aromatic N) is 1. The Balaban J connectivity index is 0.000000595. The number of esters is 1. The summed E-state index contributed by atoms with van der Waals surface area (Å²) in [4.78, 5) is 41.6. The van der Waals surface area contributed by atoms with Gasteiger partial charge in [0, 0.05) is 16.1 Å². The number of carbonyl (C=O) groups excluding carboxylic acids is 4. The molecule has 2 aliphatic heterocycles. The molecule has 1 aromatic carbocycles. The van der Waals surface area contributed by atoms with Crippen molar-refractivity contribution in [3.63, 3.8) is 0 Å². The topological polar surface area (TPSA) is 80.8 Å². The van der Waals surface area contributed by atoms with Crippen molar-refractivity contribution in [3.8, 4) is 0 Å². The molecule has 0 aromatic heterocycles. The summed E-state index contributed by atoms with van der Waals surface area (Å²) in [5.74, 6) is -0.988. The van der Waals surface area contributed by atoms with Gasteiger partial charge < -0.3 is 4.74 Å². The van der Waals surface area contributed by atoms with E-state index in [4.69, 9.17) is 14.3 Å². The van der Waals surface area contributed by atoms with Gasteiger partial charge in [0.2, 0.25) is 6.23 Å². The Kier molecular flexibility index (Phi) is 5.02. The summed E-state index contributed by atoms with van der Waals surface area (Å²) in [7, 11) is 0. The lowest BCUT2D eigenvalue weighted by atomic mass is 9.86. The molecule has 1 fully saturated rings. The molecule has 0 bridgehead atoms. The van der Waals surface area contributed by atoms with Crippen LogP contribution in [0.1, 0.15) is 36.8 Å². The third-order valence-corrected chi connectivity index (χ3v) is 4.98. The SMILES string of the molecule is Cc1cc2c(cc1Br)CC(C(C)C)N1C(=O)C(=O)OC21.O=C=O. The van der Waals surface area contributed by atoms with Crippen molar-refractivity contribution in [1.29, 1.82) is 0 Å². The standard InChI is InChI=1S/C15H16BrNO3.CO2/c1-7(2)12-6-9-5-11(16)8(3)4-10(9)14-17(12)13(18)15(19)20-14;2-1-3/h4-5,7,12,14H,6H2,1-3H3;. The van der Waals surface area contributed by atoms with Gasteiger partial charge in [0.25, 0.3) is 0 Å². The second kappa shape index (κ2) is 6.64. The Bertz CT molecular complexity index is 694. The van der Waals surface area contributed by atoms with Crippen molar-refractivity contribution in [2.24, 2.45) is 5.92 Å². The number of carbonyl (C=O) groups is 2. The van der Waals surface area contributed by atoms with Crippen LogP contribution in [-0.4, -0.2) is 29.0 Å². The average molecular weight is 382 g/mol. The molecular weight excluding hydrogens is 366 g/mol. The zero-order valence-electron chi connectivity index (χ0n) is 13.0. The van der Waals surface area contributed by atoms with Crippen molar-refractivity contribution < 1.29 is 23.9 Å². The minimum Gasteiger partial charge on any atom is -0.430 e. The van der Waals surface area contributed by atoms with Gasteiger partial charge in [-0.25, -0.2) is 4.79 Å². The van der Waals surface area contributed by atoms with Crippen LogP contribution in [-0.2, 0) is 30.3 Å². The van der Waals surface area contributed by atoms with E-state index in [1.54, 1.807) is 4.90 Å². The van der Waals surface area contributed by atoms with Crippen LogP contribution in [0.2, 0.25) is 0 Å². The lowest BCUT2D eigenvalue weighted by Crippen LogP contribution is -2.46. The van der Waals surface area contributed by atoms with Crippen molar-refractivity contribution in [2.75, 3.05) is 0 Å². The summed E-state index contributed by atoms with van der Waals surface area (Å²) in [6.07, 6.45) is 0.447. The molecule has 7 heteroatoms. The van der Waals surface area contributed by atoms with Crippen molar-refractivity contribution in [1.82, 2.24) is 4.90 Å². The zero-order chi connectivity index (χ0) is 17.3. The second-order valence-corrected chi connectivity index (χ2v) is 6.72. The average Bonchev–Trinajstić information content (AvgIpc) is 2.77. The Morgan fingerprint density at radius 1 is 1.30 bits per heavy atom. The van der Waals surface area contributed by atoms with Crippen molar-refractivity contribution in [2.45, 2.75) is 39.5 Å². The van der Waals surface area contributed by atoms with E-state index < -0.39 is 18.1 Å². The first-order valence-electron chi connectivity index (χ1n) is 7.13. The summed E-state index contributed by atoms with van der Waals surface area (Å²) in [6.45, 7) is 6.11. The first kappa shape index (κ1) is 17.4. The van der Waals surface area contributed by atoms with Crippen LogP contribution in [0, 0.1) is 12.8 Å². The number of fused-ring (bicyclic) bond motifs is 3. The molecule has 2 heterocycles. The fourth-order valence-corrected chi connectivity index (χ4v) is 3.38. The van der Waals surface area contributed by atoms with Gasteiger partial charge in [0.15, 0.2) is 0 Å². The summed E-state index contributed by atoms with van der Waals surface area (Å²) in [6, 6.07) is 4.08. The lowest BCUT2D eigenvalue weighted by molar-refractivity contribution is -0.191. The van der Waals surface area contributed by atoms with E-state index in [9.17, 15) is 9.59 Å². The Morgan fingerprint density at radius 3 is 2.48 bits per heavy atom. The smallest absolute Gasteiger partial charge is 0.399 e. The highest BCUT2D eigenvalue weighted by Crippen LogP contribution is 2.41. The minimum atomic E-state index is -0.742. The number of hydrogen-bond donors (Lipinski definition) is 0. The van der Waals surface area contributed by atoms with E-state index in [0.717, 1.165) is 27.6 Å². The summed E-state index contributed by atoms with van der Waals surface area (Å²) < 4.78 is 6.35. The molecule has 0 N–H and O–H groups in total. The molecule has 122 valence electrons. The largest absolute Gasteiger partial charge is 0.430 e. The minimum absolute atomic E-state index is 0.000978. The molecule has 6 nitrogen and oxygen atoms in total. The van der Waals surface area contributed by atoms with Crippen LogP contribution in [0.25, 0.3) is 0 Å². The lowest BCUT2D eigenvalue weighted by Gasteiger charge is -2.39. The van der Waals surface area contributed by atoms with Crippen LogP contribution in [0.5, 0.6) is 0 Å².